The highest BCUT2D eigenvalue weighted by Crippen LogP contribution is 2.36. The van der Waals surface area contributed by atoms with E-state index in [9.17, 15) is 22.8 Å². The molecular formula is C17H15ClF3NO4. The van der Waals surface area contributed by atoms with Crippen molar-refractivity contribution >= 4 is 23.5 Å². The van der Waals surface area contributed by atoms with Crippen molar-refractivity contribution in [2.45, 2.75) is 25.6 Å². The van der Waals surface area contributed by atoms with Crippen LogP contribution in [-0.4, -0.2) is 24.6 Å². The van der Waals surface area contributed by atoms with Crippen molar-refractivity contribution in [3.63, 3.8) is 0 Å². The maximum atomic E-state index is 13.1. The van der Waals surface area contributed by atoms with Gasteiger partial charge in [-0.3, -0.25) is 9.59 Å². The largest absolute Gasteiger partial charge is 0.462 e. The summed E-state index contributed by atoms with van der Waals surface area (Å²) in [4.78, 5) is 23.6. The van der Waals surface area contributed by atoms with E-state index in [0.717, 1.165) is 6.07 Å². The molecule has 26 heavy (non-hydrogen) atoms. The fraction of sp³-hybridized carbons (Fsp3) is 0.294. The Morgan fingerprint density at radius 1 is 1.23 bits per heavy atom. The zero-order valence-corrected chi connectivity index (χ0v) is 14.4. The normalized spacial score (nSPS) is 12.5. The van der Waals surface area contributed by atoms with Crippen LogP contribution in [0.5, 0.6) is 0 Å². The molecule has 1 amide bonds. The Kier molecular flexibility index (Phi) is 6.31. The number of furan rings is 1. The van der Waals surface area contributed by atoms with E-state index in [1.807, 2.05) is 0 Å². The fourth-order valence-corrected chi connectivity index (χ4v) is 2.31. The lowest BCUT2D eigenvalue weighted by Gasteiger charge is -2.18. The molecule has 140 valence electrons. The predicted molar refractivity (Wildman–Crippen MR) is 86.7 cm³/mol. The molecule has 1 unspecified atom stereocenters. The maximum Gasteiger partial charge on any atom is 0.432 e. The van der Waals surface area contributed by atoms with Crippen LogP contribution in [0, 0.1) is 6.92 Å². The van der Waals surface area contributed by atoms with E-state index >= 15 is 0 Å². The highest BCUT2D eigenvalue weighted by atomic mass is 35.5. The van der Waals surface area contributed by atoms with E-state index in [2.05, 4.69) is 10.1 Å². The summed E-state index contributed by atoms with van der Waals surface area (Å²) in [6.45, 7) is 1.27. The minimum Gasteiger partial charge on any atom is -0.462 e. The second-order valence-electron chi connectivity index (χ2n) is 5.35. The number of benzene rings is 1. The Morgan fingerprint density at radius 2 is 1.92 bits per heavy atom. The average Bonchev–Trinajstić information content (AvgIpc) is 2.97. The Hall–Kier alpha value is -2.48. The molecule has 2 aromatic rings. The number of alkyl halides is 3. The van der Waals surface area contributed by atoms with Crippen molar-refractivity contribution in [2.24, 2.45) is 0 Å². The van der Waals surface area contributed by atoms with Gasteiger partial charge in [-0.15, -0.1) is 0 Å². The standard InChI is InChI=1S/C17H15ClF3NO4/c1-10-6-7-13(25-10)15(17(19,20)21)26-14(23)8-9-22-16(24)11-4-2-3-5-12(11)18/h2-7,15H,8-9H2,1H3,(H,22,24). The third kappa shape index (κ3) is 5.26. The Morgan fingerprint density at radius 3 is 2.50 bits per heavy atom. The van der Waals surface area contributed by atoms with Crippen LogP contribution < -0.4 is 5.32 Å². The van der Waals surface area contributed by atoms with Crippen molar-refractivity contribution < 1.29 is 31.9 Å². The van der Waals surface area contributed by atoms with Gasteiger partial charge in [0.05, 0.1) is 17.0 Å². The average molecular weight is 390 g/mol. The van der Waals surface area contributed by atoms with Crippen LogP contribution in [0.15, 0.2) is 40.8 Å². The first kappa shape index (κ1) is 19.8. The first-order chi connectivity index (χ1) is 12.2. The zero-order valence-electron chi connectivity index (χ0n) is 13.6. The highest BCUT2D eigenvalue weighted by molar-refractivity contribution is 6.33. The van der Waals surface area contributed by atoms with Gasteiger partial charge in [-0.1, -0.05) is 23.7 Å². The van der Waals surface area contributed by atoms with Crippen LogP contribution in [0.2, 0.25) is 5.02 Å². The number of ether oxygens (including phenoxy) is 1. The van der Waals surface area contributed by atoms with Crippen LogP contribution in [0.4, 0.5) is 13.2 Å². The molecule has 0 saturated carbocycles. The molecule has 0 bridgehead atoms. The molecule has 0 aliphatic heterocycles. The van der Waals surface area contributed by atoms with Gasteiger partial charge in [-0.2, -0.15) is 13.2 Å². The number of esters is 1. The van der Waals surface area contributed by atoms with Gasteiger partial charge < -0.3 is 14.5 Å². The van der Waals surface area contributed by atoms with Crippen molar-refractivity contribution in [1.29, 1.82) is 0 Å². The maximum absolute atomic E-state index is 13.1. The van der Waals surface area contributed by atoms with Crippen LogP contribution >= 0.6 is 11.6 Å². The van der Waals surface area contributed by atoms with Crippen LogP contribution in [0.1, 0.15) is 34.4 Å². The molecule has 1 heterocycles. The van der Waals surface area contributed by atoms with Gasteiger partial charge in [0, 0.05) is 6.54 Å². The zero-order chi connectivity index (χ0) is 19.3. The molecule has 9 heteroatoms. The molecule has 0 spiro atoms. The Balaban J connectivity index is 1.90. The number of rotatable bonds is 6. The molecule has 2 rings (SSSR count). The lowest BCUT2D eigenvalue weighted by atomic mass is 10.2. The molecule has 0 aliphatic carbocycles. The number of carbonyl (C=O) groups excluding carboxylic acids is 2. The summed E-state index contributed by atoms with van der Waals surface area (Å²) in [6, 6.07) is 8.68. The quantitative estimate of drug-likeness (QED) is 0.751. The van der Waals surface area contributed by atoms with Gasteiger partial charge in [0.1, 0.15) is 5.76 Å². The van der Waals surface area contributed by atoms with Crippen LogP contribution in [0.25, 0.3) is 0 Å². The molecule has 0 saturated heterocycles. The minimum absolute atomic E-state index is 0.196. The third-order valence-corrected chi connectivity index (χ3v) is 3.63. The monoisotopic (exact) mass is 389 g/mol. The van der Waals surface area contributed by atoms with E-state index < -0.39 is 36.3 Å². The molecule has 5 nitrogen and oxygen atoms in total. The number of nitrogens with one attached hydrogen (secondary N) is 1. The molecule has 1 N–H and O–H groups in total. The van der Waals surface area contributed by atoms with Crippen molar-refractivity contribution in [1.82, 2.24) is 5.32 Å². The lowest BCUT2D eigenvalue weighted by Crippen LogP contribution is -2.29. The first-order valence-electron chi connectivity index (χ1n) is 7.53. The summed E-state index contributed by atoms with van der Waals surface area (Å²) < 4.78 is 48.6. The van der Waals surface area contributed by atoms with Gasteiger partial charge in [0.15, 0.2) is 5.76 Å². The van der Waals surface area contributed by atoms with E-state index in [1.165, 1.54) is 25.1 Å². The lowest BCUT2D eigenvalue weighted by molar-refractivity contribution is -0.228. The van der Waals surface area contributed by atoms with Gasteiger partial charge in [0.2, 0.25) is 0 Å². The number of amides is 1. The Bertz CT molecular complexity index is 788. The van der Waals surface area contributed by atoms with E-state index in [4.69, 9.17) is 16.0 Å². The molecule has 1 aromatic carbocycles. The number of hydrogen-bond acceptors (Lipinski definition) is 4. The number of aryl methyl sites for hydroxylation is 1. The Labute approximate surface area is 152 Å². The summed E-state index contributed by atoms with van der Waals surface area (Å²) in [5.74, 6) is -1.92. The number of carbonyl (C=O) groups is 2. The summed E-state index contributed by atoms with van der Waals surface area (Å²) in [5.41, 5.74) is 0.196. The van der Waals surface area contributed by atoms with E-state index in [1.54, 1.807) is 12.1 Å². The molecule has 0 radical (unpaired) electrons. The SMILES string of the molecule is Cc1ccc(C(OC(=O)CCNC(=O)c2ccccc2Cl)C(F)(F)F)o1. The number of halogens is 4. The van der Waals surface area contributed by atoms with E-state index in [0.29, 0.717) is 0 Å². The smallest absolute Gasteiger partial charge is 0.432 e. The number of hydrogen-bond donors (Lipinski definition) is 1. The van der Waals surface area contributed by atoms with Crippen LogP contribution in [-0.2, 0) is 9.53 Å². The molecule has 1 aromatic heterocycles. The van der Waals surface area contributed by atoms with Gasteiger partial charge >= 0.3 is 12.1 Å². The molecule has 0 aliphatic rings. The second kappa shape index (κ2) is 8.27. The van der Waals surface area contributed by atoms with Crippen molar-refractivity contribution in [2.75, 3.05) is 6.54 Å². The van der Waals surface area contributed by atoms with Crippen LogP contribution in [0.3, 0.4) is 0 Å². The summed E-state index contributed by atoms with van der Waals surface area (Å²) in [5, 5.41) is 2.62. The first-order valence-corrected chi connectivity index (χ1v) is 7.91. The van der Waals surface area contributed by atoms with E-state index in [-0.39, 0.29) is 22.9 Å². The topological polar surface area (TPSA) is 68.5 Å². The van der Waals surface area contributed by atoms with Crippen molar-refractivity contribution in [3.05, 3.63) is 58.5 Å². The molecule has 1 atom stereocenters. The minimum atomic E-state index is -4.82. The molecular weight excluding hydrogens is 375 g/mol. The second-order valence-corrected chi connectivity index (χ2v) is 5.75. The fourth-order valence-electron chi connectivity index (χ4n) is 2.09. The highest BCUT2D eigenvalue weighted by Gasteiger charge is 2.46. The van der Waals surface area contributed by atoms with Gasteiger partial charge in [-0.05, 0) is 31.2 Å². The van der Waals surface area contributed by atoms with Gasteiger partial charge in [0.25, 0.3) is 12.0 Å². The van der Waals surface area contributed by atoms with Crippen molar-refractivity contribution in [3.8, 4) is 0 Å². The van der Waals surface area contributed by atoms with Gasteiger partial charge in [-0.25, -0.2) is 0 Å². The summed E-state index contributed by atoms with van der Waals surface area (Å²) in [6.07, 6.45) is -7.76. The third-order valence-electron chi connectivity index (χ3n) is 3.30. The summed E-state index contributed by atoms with van der Waals surface area (Å²) >= 11 is 5.86. The molecule has 0 fully saturated rings. The predicted octanol–water partition coefficient (Wildman–Crippen LogP) is 4.21. The summed E-state index contributed by atoms with van der Waals surface area (Å²) in [7, 11) is 0.